The summed E-state index contributed by atoms with van der Waals surface area (Å²) < 4.78 is 27.8. The number of nitrogens with one attached hydrogen (secondary N) is 2. The highest BCUT2D eigenvalue weighted by Crippen LogP contribution is 2.26. The van der Waals surface area contributed by atoms with Crippen LogP contribution in [0.2, 0.25) is 0 Å². The van der Waals surface area contributed by atoms with Crippen LogP contribution in [0.5, 0.6) is 0 Å². The van der Waals surface area contributed by atoms with Gasteiger partial charge in [0.2, 0.25) is 10.0 Å². The molecule has 1 fully saturated rings. The number of sulfonamides is 1. The molecule has 2 N–H and O–H groups in total. The molecule has 0 aliphatic heterocycles. The van der Waals surface area contributed by atoms with Gasteiger partial charge in [0.1, 0.15) is 4.21 Å². The number of rotatable bonds is 5. The normalized spacial score (nSPS) is 24.5. The van der Waals surface area contributed by atoms with Gasteiger partial charge in [-0.15, -0.1) is 11.3 Å². The van der Waals surface area contributed by atoms with E-state index in [1.54, 1.807) is 6.07 Å². The van der Waals surface area contributed by atoms with Gasteiger partial charge >= 0.3 is 0 Å². The lowest BCUT2D eigenvalue weighted by atomic mass is 9.88. The van der Waals surface area contributed by atoms with Gasteiger partial charge in [-0.2, -0.15) is 0 Å². The van der Waals surface area contributed by atoms with Crippen molar-refractivity contribution in [2.24, 2.45) is 5.92 Å². The van der Waals surface area contributed by atoms with Crippen LogP contribution in [0.4, 0.5) is 0 Å². The fourth-order valence-corrected chi connectivity index (χ4v) is 4.98. The average molecular weight is 302 g/mol. The first-order valence-electron chi connectivity index (χ1n) is 6.75. The summed E-state index contributed by atoms with van der Waals surface area (Å²) in [4.78, 5) is 0. The van der Waals surface area contributed by atoms with Crippen LogP contribution in [0.1, 0.15) is 38.2 Å². The van der Waals surface area contributed by atoms with Crippen molar-refractivity contribution in [3.8, 4) is 0 Å². The maximum Gasteiger partial charge on any atom is 0.250 e. The van der Waals surface area contributed by atoms with Crippen molar-refractivity contribution in [2.75, 3.05) is 7.05 Å². The molecule has 0 unspecified atom stereocenters. The zero-order chi connectivity index (χ0) is 13.9. The van der Waals surface area contributed by atoms with E-state index in [0.29, 0.717) is 10.8 Å². The quantitative estimate of drug-likeness (QED) is 0.877. The van der Waals surface area contributed by atoms with Crippen LogP contribution in [-0.4, -0.2) is 21.5 Å². The van der Waals surface area contributed by atoms with Gasteiger partial charge in [0, 0.05) is 12.6 Å². The molecule has 4 nitrogen and oxygen atoms in total. The summed E-state index contributed by atoms with van der Waals surface area (Å²) >= 11 is 1.30. The van der Waals surface area contributed by atoms with Crippen molar-refractivity contribution in [1.82, 2.24) is 10.0 Å². The molecule has 0 spiro atoms. The molecule has 0 bridgehead atoms. The highest BCUT2D eigenvalue weighted by Gasteiger charge is 2.25. The topological polar surface area (TPSA) is 58.2 Å². The third-order valence-electron chi connectivity index (χ3n) is 3.61. The van der Waals surface area contributed by atoms with Crippen LogP contribution < -0.4 is 10.0 Å². The Morgan fingerprint density at radius 3 is 2.63 bits per heavy atom. The average Bonchev–Trinajstić information content (AvgIpc) is 2.82. The summed E-state index contributed by atoms with van der Waals surface area (Å²) in [5.74, 6) is 0.727. The van der Waals surface area contributed by atoms with Crippen molar-refractivity contribution in [3.05, 3.63) is 17.0 Å². The molecule has 1 saturated carbocycles. The van der Waals surface area contributed by atoms with Crippen LogP contribution in [0, 0.1) is 5.92 Å². The van der Waals surface area contributed by atoms with Crippen molar-refractivity contribution in [1.29, 1.82) is 0 Å². The Morgan fingerprint density at radius 1 is 1.32 bits per heavy atom. The summed E-state index contributed by atoms with van der Waals surface area (Å²) in [7, 11) is -1.48. The number of hydrogen-bond acceptors (Lipinski definition) is 4. The molecule has 2 rings (SSSR count). The summed E-state index contributed by atoms with van der Waals surface area (Å²) in [6, 6.07) is 1.87. The second-order valence-corrected chi connectivity index (χ2v) is 8.23. The van der Waals surface area contributed by atoms with Crippen molar-refractivity contribution in [2.45, 2.75) is 49.4 Å². The SMILES string of the molecule is CNCc1csc(S(=O)(=O)NC2CCC(C)CC2)c1. The van der Waals surface area contributed by atoms with Crippen LogP contribution in [0.25, 0.3) is 0 Å². The molecule has 1 aliphatic rings. The first kappa shape index (κ1) is 15.0. The first-order chi connectivity index (χ1) is 9.01. The lowest BCUT2D eigenvalue weighted by Gasteiger charge is -2.26. The van der Waals surface area contributed by atoms with Gasteiger partial charge in [-0.1, -0.05) is 6.92 Å². The molecule has 0 atom stereocenters. The van der Waals surface area contributed by atoms with E-state index in [4.69, 9.17) is 0 Å². The Labute approximate surface area is 119 Å². The molecule has 1 aliphatic carbocycles. The monoisotopic (exact) mass is 302 g/mol. The fraction of sp³-hybridized carbons (Fsp3) is 0.692. The highest BCUT2D eigenvalue weighted by molar-refractivity contribution is 7.91. The van der Waals surface area contributed by atoms with Gasteiger partial charge < -0.3 is 5.32 Å². The van der Waals surface area contributed by atoms with Crippen LogP contribution >= 0.6 is 11.3 Å². The molecule has 1 aromatic heterocycles. The van der Waals surface area contributed by atoms with Gasteiger partial charge in [0.15, 0.2) is 0 Å². The van der Waals surface area contributed by atoms with Gasteiger partial charge in [-0.3, -0.25) is 0 Å². The molecule has 0 aromatic carbocycles. The minimum atomic E-state index is -3.33. The Kier molecular flexibility index (Phi) is 5.00. The van der Waals surface area contributed by atoms with Gasteiger partial charge in [0.05, 0.1) is 0 Å². The maximum atomic E-state index is 12.3. The van der Waals surface area contributed by atoms with Crippen molar-refractivity contribution in [3.63, 3.8) is 0 Å². The van der Waals surface area contributed by atoms with E-state index in [0.717, 1.165) is 37.2 Å². The van der Waals surface area contributed by atoms with E-state index in [2.05, 4.69) is 17.0 Å². The molecule has 1 aromatic rings. The summed E-state index contributed by atoms with van der Waals surface area (Å²) in [6.45, 7) is 2.93. The lowest BCUT2D eigenvalue weighted by Crippen LogP contribution is -2.36. The van der Waals surface area contributed by atoms with E-state index in [9.17, 15) is 8.42 Å². The maximum absolute atomic E-state index is 12.3. The molecule has 1 heterocycles. The van der Waals surface area contributed by atoms with Gasteiger partial charge in [0.25, 0.3) is 0 Å². The van der Waals surface area contributed by atoms with Gasteiger partial charge in [-0.05, 0) is 55.7 Å². The summed E-state index contributed by atoms with van der Waals surface area (Å²) in [5, 5.41) is 4.92. The van der Waals surface area contributed by atoms with Crippen molar-refractivity contribution < 1.29 is 8.42 Å². The Morgan fingerprint density at radius 2 is 2.00 bits per heavy atom. The van der Waals surface area contributed by atoms with Crippen molar-refractivity contribution >= 4 is 21.4 Å². The molecule has 108 valence electrons. The van der Waals surface area contributed by atoms with E-state index in [1.807, 2.05) is 12.4 Å². The smallest absolute Gasteiger partial charge is 0.250 e. The zero-order valence-electron chi connectivity index (χ0n) is 11.5. The van der Waals surface area contributed by atoms with Gasteiger partial charge in [-0.25, -0.2) is 13.1 Å². The van der Waals surface area contributed by atoms with E-state index in [-0.39, 0.29) is 6.04 Å². The second kappa shape index (κ2) is 6.35. The zero-order valence-corrected chi connectivity index (χ0v) is 13.1. The Hall–Kier alpha value is -0.430. The minimum absolute atomic E-state index is 0.107. The van der Waals surface area contributed by atoms with Crippen LogP contribution in [0.3, 0.4) is 0 Å². The molecule has 19 heavy (non-hydrogen) atoms. The third-order valence-corrected chi connectivity index (χ3v) is 6.62. The molecule has 0 amide bonds. The molecule has 6 heteroatoms. The van der Waals surface area contributed by atoms with E-state index >= 15 is 0 Å². The second-order valence-electron chi connectivity index (χ2n) is 5.38. The van der Waals surface area contributed by atoms with Crippen LogP contribution in [0.15, 0.2) is 15.7 Å². The largest absolute Gasteiger partial charge is 0.316 e. The molecule has 0 saturated heterocycles. The Bertz CT molecular complexity index is 502. The third kappa shape index (κ3) is 4.02. The minimum Gasteiger partial charge on any atom is -0.316 e. The first-order valence-corrected chi connectivity index (χ1v) is 9.12. The summed E-state index contributed by atoms with van der Waals surface area (Å²) in [5.41, 5.74) is 1.02. The summed E-state index contributed by atoms with van der Waals surface area (Å²) in [6.07, 6.45) is 4.13. The number of thiophene rings is 1. The standard InChI is InChI=1S/C13H22N2O2S2/c1-10-3-5-12(6-4-10)15-19(16,17)13-7-11(8-14-2)9-18-13/h7,9-10,12,14-15H,3-6,8H2,1-2H3. The predicted molar refractivity (Wildman–Crippen MR) is 78.8 cm³/mol. The molecular weight excluding hydrogens is 280 g/mol. The molecular formula is C13H22N2O2S2. The number of hydrogen-bond donors (Lipinski definition) is 2. The highest BCUT2D eigenvalue weighted by atomic mass is 32.2. The molecule has 0 radical (unpaired) electrons. The van der Waals surface area contributed by atoms with E-state index < -0.39 is 10.0 Å². The fourth-order valence-electron chi connectivity index (χ4n) is 2.45. The Balaban J connectivity index is 2.01. The lowest BCUT2D eigenvalue weighted by molar-refractivity contribution is 0.332. The predicted octanol–water partition coefficient (Wildman–Crippen LogP) is 2.32. The van der Waals surface area contributed by atoms with Crippen LogP contribution in [-0.2, 0) is 16.6 Å². The van der Waals surface area contributed by atoms with E-state index in [1.165, 1.54) is 11.3 Å².